The van der Waals surface area contributed by atoms with Crippen LogP contribution >= 0.6 is 23.1 Å². The highest BCUT2D eigenvalue weighted by atomic mass is 32.2. The summed E-state index contributed by atoms with van der Waals surface area (Å²) in [6.07, 6.45) is 5.90. The number of thioether (sulfide) groups is 1. The molecule has 5 rings (SSSR count). The van der Waals surface area contributed by atoms with Crippen molar-refractivity contribution in [3.05, 3.63) is 77.6 Å². The zero-order valence-electron chi connectivity index (χ0n) is 17.2. The van der Waals surface area contributed by atoms with E-state index in [0.29, 0.717) is 11.7 Å². The van der Waals surface area contributed by atoms with E-state index in [1.807, 2.05) is 35.4 Å². The van der Waals surface area contributed by atoms with Crippen LogP contribution in [0, 0.1) is 0 Å². The zero-order chi connectivity index (χ0) is 21.0. The predicted molar refractivity (Wildman–Crippen MR) is 127 cm³/mol. The van der Waals surface area contributed by atoms with Crippen LogP contribution in [-0.2, 0) is 11.3 Å². The van der Waals surface area contributed by atoms with Gasteiger partial charge in [0.25, 0.3) is 0 Å². The summed E-state index contributed by atoms with van der Waals surface area (Å²) in [7, 11) is 0. The summed E-state index contributed by atoms with van der Waals surface area (Å²) in [4.78, 5) is 24.3. The summed E-state index contributed by atoms with van der Waals surface area (Å²) in [5.74, 6) is 0.934. The molecule has 1 aliphatic rings. The summed E-state index contributed by atoms with van der Waals surface area (Å²) in [6.45, 7) is 2.36. The highest BCUT2D eigenvalue weighted by Crippen LogP contribution is 2.33. The Balaban J connectivity index is 1.20. The minimum absolute atomic E-state index is 0.185. The Bertz CT molecular complexity index is 1140. The monoisotopic (exact) mass is 448 g/mol. The number of hydrogen-bond donors (Lipinski definition) is 0. The van der Waals surface area contributed by atoms with Gasteiger partial charge in [-0.2, -0.15) is 0 Å². The topological polar surface area (TPSA) is 51.0 Å². The SMILES string of the molecule is O=C(CSc1nccn1Cc1ccccc1)N1CCC[C@H](c2nc3ccccc3s2)C1. The molecule has 1 atom stereocenters. The van der Waals surface area contributed by atoms with Crippen LogP contribution in [0.2, 0.25) is 0 Å². The number of imidazole rings is 1. The van der Waals surface area contributed by atoms with E-state index in [4.69, 9.17) is 4.98 Å². The molecule has 7 heteroatoms. The highest BCUT2D eigenvalue weighted by molar-refractivity contribution is 7.99. The van der Waals surface area contributed by atoms with Gasteiger partial charge in [-0.05, 0) is 30.5 Å². The number of aromatic nitrogens is 3. The Morgan fingerprint density at radius 3 is 2.84 bits per heavy atom. The fourth-order valence-corrected chi connectivity index (χ4v) is 5.98. The third kappa shape index (κ3) is 4.67. The quantitative estimate of drug-likeness (QED) is 0.388. The first-order valence-electron chi connectivity index (χ1n) is 10.6. The minimum Gasteiger partial charge on any atom is -0.341 e. The van der Waals surface area contributed by atoms with E-state index in [1.165, 1.54) is 22.0 Å². The van der Waals surface area contributed by atoms with Crippen molar-refractivity contribution < 1.29 is 4.79 Å². The van der Waals surface area contributed by atoms with Gasteiger partial charge in [0.15, 0.2) is 5.16 Å². The number of fused-ring (bicyclic) bond motifs is 1. The number of likely N-dealkylation sites (tertiary alicyclic amines) is 1. The second-order valence-electron chi connectivity index (χ2n) is 7.81. The van der Waals surface area contributed by atoms with Crippen molar-refractivity contribution in [2.75, 3.05) is 18.8 Å². The fraction of sp³-hybridized carbons (Fsp3) is 0.292. The van der Waals surface area contributed by atoms with Gasteiger partial charge in [0.2, 0.25) is 5.91 Å². The average molecular weight is 449 g/mol. The summed E-state index contributed by atoms with van der Waals surface area (Å²) >= 11 is 3.29. The van der Waals surface area contributed by atoms with E-state index in [1.54, 1.807) is 17.5 Å². The standard InChI is InChI=1S/C24H24N4OS2/c29-22(17-30-24-25-12-14-28(24)15-18-7-2-1-3-8-18)27-13-6-9-19(16-27)23-26-20-10-4-5-11-21(20)31-23/h1-5,7-8,10-12,14,19H,6,9,13,15-17H2/t19-/m0/s1. The van der Waals surface area contributed by atoms with Crippen LogP contribution in [0.4, 0.5) is 0 Å². The van der Waals surface area contributed by atoms with E-state index >= 15 is 0 Å². The van der Waals surface area contributed by atoms with Gasteiger partial charge in [0.05, 0.1) is 21.0 Å². The van der Waals surface area contributed by atoms with Crippen molar-refractivity contribution in [2.45, 2.75) is 30.5 Å². The largest absolute Gasteiger partial charge is 0.341 e. The molecule has 3 heterocycles. The molecule has 1 saturated heterocycles. The van der Waals surface area contributed by atoms with Crippen LogP contribution in [0.1, 0.15) is 29.3 Å². The number of carbonyl (C=O) groups excluding carboxylic acids is 1. The van der Waals surface area contributed by atoms with Gasteiger partial charge in [0.1, 0.15) is 0 Å². The molecule has 158 valence electrons. The van der Waals surface area contributed by atoms with Crippen molar-refractivity contribution in [3.63, 3.8) is 0 Å². The van der Waals surface area contributed by atoms with Crippen LogP contribution in [0.15, 0.2) is 72.1 Å². The lowest BCUT2D eigenvalue weighted by Gasteiger charge is -2.31. The Hall–Kier alpha value is -2.64. The number of piperidine rings is 1. The molecule has 4 aromatic rings. The number of rotatable bonds is 6. The molecule has 1 aliphatic heterocycles. The minimum atomic E-state index is 0.185. The van der Waals surface area contributed by atoms with E-state index in [9.17, 15) is 4.79 Å². The van der Waals surface area contributed by atoms with Gasteiger partial charge >= 0.3 is 0 Å². The van der Waals surface area contributed by atoms with E-state index in [2.05, 4.69) is 39.9 Å². The first-order valence-corrected chi connectivity index (χ1v) is 12.4. The maximum atomic E-state index is 13.0. The Kier molecular flexibility index (Phi) is 6.04. The second kappa shape index (κ2) is 9.24. The molecule has 0 radical (unpaired) electrons. The predicted octanol–water partition coefficient (Wildman–Crippen LogP) is 5.04. The third-order valence-corrected chi connectivity index (χ3v) is 7.82. The maximum absolute atomic E-state index is 13.0. The Morgan fingerprint density at radius 1 is 1.13 bits per heavy atom. The first-order chi connectivity index (χ1) is 15.3. The van der Waals surface area contributed by atoms with Gasteiger partial charge in [-0.15, -0.1) is 11.3 Å². The van der Waals surface area contributed by atoms with Gasteiger partial charge in [-0.25, -0.2) is 9.97 Å². The van der Waals surface area contributed by atoms with E-state index in [0.717, 1.165) is 48.2 Å². The lowest BCUT2D eigenvalue weighted by Crippen LogP contribution is -2.40. The normalized spacial score (nSPS) is 16.6. The molecule has 0 N–H and O–H groups in total. The first kappa shape index (κ1) is 20.3. The number of para-hydroxylation sites is 1. The number of nitrogens with zero attached hydrogens (tertiary/aromatic N) is 4. The lowest BCUT2D eigenvalue weighted by atomic mass is 9.99. The van der Waals surface area contributed by atoms with Gasteiger partial charge in [0, 0.05) is 37.9 Å². The smallest absolute Gasteiger partial charge is 0.233 e. The fourth-order valence-electron chi connectivity index (χ4n) is 4.02. The molecule has 0 aliphatic carbocycles. The number of thiazole rings is 1. The third-order valence-electron chi connectivity index (χ3n) is 5.63. The summed E-state index contributed by atoms with van der Waals surface area (Å²) in [5, 5.41) is 2.04. The molecule has 2 aromatic carbocycles. The number of amides is 1. The summed E-state index contributed by atoms with van der Waals surface area (Å²) < 4.78 is 3.33. The van der Waals surface area contributed by atoms with Crippen molar-refractivity contribution in [2.24, 2.45) is 0 Å². The number of benzene rings is 2. The summed E-state index contributed by atoms with van der Waals surface area (Å²) in [6, 6.07) is 18.6. The maximum Gasteiger partial charge on any atom is 0.233 e. The van der Waals surface area contributed by atoms with Gasteiger partial charge in [-0.3, -0.25) is 4.79 Å². The van der Waals surface area contributed by atoms with Crippen LogP contribution in [0.25, 0.3) is 10.2 Å². The molecule has 0 unspecified atom stereocenters. The van der Waals surface area contributed by atoms with Crippen LogP contribution in [0.5, 0.6) is 0 Å². The van der Waals surface area contributed by atoms with Crippen molar-refractivity contribution in [3.8, 4) is 0 Å². The highest BCUT2D eigenvalue weighted by Gasteiger charge is 2.27. The van der Waals surface area contributed by atoms with Gasteiger partial charge in [-0.1, -0.05) is 54.2 Å². The molecule has 31 heavy (non-hydrogen) atoms. The van der Waals surface area contributed by atoms with E-state index < -0.39 is 0 Å². The van der Waals surface area contributed by atoms with Crippen molar-refractivity contribution in [1.82, 2.24) is 19.4 Å². The Labute approximate surface area is 190 Å². The lowest BCUT2D eigenvalue weighted by molar-refractivity contribution is -0.129. The molecule has 1 amide bonds. The zero-order valence-corrected chi connectivity index (χ0v) is 18.8. The van der Waals surface area contributed by atoms with Crippen molar-refractivity contribution in [1.29, 1.82) is 0 Å². The van der Waals surface area contributed by atoms with Crippen LogP contribution < -0.4 is 0 Å². The summed E-state index contributed by atoms with van der Waals surface area (Å²) in [5.41, 5.74) is 2.29. The molecule has 1 fully saturated rings. The molecular formula is C24H24N4OS2. The number of carbonyl (C=O) groups is 1. The second-order valence-corrected chi connectivity index (χ2v) is 9.82. The van der Waals surface area contributed by atoms with Gasteiger partial charge < -0.3 is 9.47 Å². The molecule has 0 bridgehead atoms. The molecule has 2 aromatic heterocycles. The van der Waals surface area contributed by atoms with E-state index in [-0.39, 0.29) is 5.91 Å². The van der Waals surface area contributed by atoms with Crippen LogP contribution in [-0.4, -0.2) is 44.2 Å². The molecular weight excluding hydrogens is 424 g/mol. The van der Waals surface area contributed by atoms with Crippen molar-refractivity contribution >= 4 is 39.2 Å². The molecule has 0 saturated carbocycles. The molecule has 5 nitrogen and oxygen atoms in total. The Morgan fingerprint density at radius 2 is 1.97 bits per heavy atom. The van der Waals surface area contributed by atoms with Crippen LogP contribution in [0.3, 0.4) is 0 Å². The molecule has 0 spiro atoms. The average Bonchev–Trinajstić information content (AvgIpc) is 3.45. The number of hydrogen-bond acceptors (Lipinski definition) is 5.